The van der Waals surface area contributed by atoms with Crippen LogP contribution in [0, 0.1) is 29.1 Å². The number of fused-ring (bicyclic) bond motifs is 5. The second kappa shape index (κ2) is 14.0. The van der Waals surface area contributed by atoms with Gasteiger partial charge in [0.2, 0.25) is 5.82 Å². The molecule has 1 N–H and O–H groups in total. The lowest BCUT2D eigenvalue weighted by Gasteiger charge is -2.49. The lowest BCUT2D eigenvalue weighted by Crippen LogP contribution is -2.59. The minimum Gasteiger partial charge on any atom is -0.508 e. The van der Waals surface area contributed by atoms with Gasteiger partial charge in [0.1, 0.15) is 22.9 Å². The number of carbonyl (C=O) groups excluding carboxylic acids is 2. The number of alkyl halides is 2. The third-order valence-corrected chi connectivity index (χ3v) is 12.7. The SMILES string of the molecule is COc1ccc(O)c(C2C3=CCn4c(=O)n(CCc5nc6cc(OC)c(OC)cc6n(C)c5=O)c(=O)n4C3CC3(Cl)C(=O)N(c4c(F)c(F)c(F)c(F)c4F)C(=O)C23Cl)c1. The molecule has 4 atom stereocenters. The van der Waals surface area contributed by atoms with Crippen molar-refractivity contribution >= 4 is 51.7 Å². The van der Waals surface area contributed by atoms with Crippen LogP contribution < -0.4 is 36.0 Å². The van der Waals surface area contributed by atoms with Crippen LogP contribution in [0.3, 0.4) is 0 Å². The molecule has 314 valence electrons. The van der Waals surface area contributed by atoms with Crippen molar-refractivity contribution in [3.8, 4) is 23.0 Å². The molecule has 22 heteroatoms. The van der Waals surface area contributed by atoms with Gasteiger partial charge in [-0.15, -0.1) is 23.2 Å². The number of phenols is 1. The molecule has 5 aromatic rings. The molecular weight excluding hydrogens is 850 g/mol. The molecule has 1 saturated carbocycles. The van der Waals surface area contributed by atoms with Crippen LogP contribution in [0.25, 0.3) is 11.0 Å². The van der Waals surface area contributed by atoms with Gasteiger partial charge in [0.05, 0.1) is 44.9 Å². The highest BCUT2D eigenvalue weighted by Gasteiger charge is 2.76. The summed E-state index contributed by atoms with van der Waals surface area (Å²) in [6, 6.07) is 5.30. The molecule has 0 bridgehead atoms. The summed E-state index contributed by atoms with van der Waals surface area (Å²) in [6.45, 7) is -0.776. The fraction of sp³-hybridized carbons (Fsp3) is 0.316. The zero-order valence-corrected chi connectivity index (χ0v) is 33.0. The largest absolute Gasteiger partial charge is 0.508 e. The maximum absolute atomic E-state index is 15.3. The third kappa shape index (κ3) is 5.31. The van der Waals surface area contributed by atoms with E-state index in [1.165, 1.54) is 51.2 Å². The molecule has 2 aromatic heterocycles. The Morgan fingerprint density at radius 1 is 0.850 bits per heavy atom. The van der Waals surface area contributed by atoms with Crippen molar-refractivity contribution in [2.24, 2.45) is 7.05 Å². The number of anilines is 1. The number of allylic oxidation sites excluding steroid dienone is 2. The summed E-state index contributed by atoms with van der Waals surface area (Å²) in [5.74, 6) is -17.7. The Kier molecular flexibility index (Phi) is 9.46. The zero-order valence-electron chi connectivity index (χ0n) is 31.5. The Morgan fingerprint density at radius 3 is 2.12 bits per heavy atom. The molecule has 1 aliphatic carbocycles. The number of aryl methyl sites for hydroxylation is 2. The molecule has 4 heterocycles. The molecule has 0 radical (unpaired) electrons. The number of halogens is 7. The molecule has 3 aliphatic rings. The summed E-state index contributed by atoms with van der Waals surface area (Å²) < 4.78 is 93.9. The van der Waals surface area contributed by atoms with E-state index in [0.29, 0.717) is 22.5 Å². The topological polar surface area (TPSA) is 169 Å². The van der Waals surface area contributed by atoms with Gasteiger partial charge in [-0.3, -0.25) is 14.4 Å². The normalized spacial score (nSPS) is 22.1. The lowest BCUT2D eigenvalue weighted by atomic mass is 9.64. The summed E-state index contributed by atoms with van der Waals surface area (Å²) in [4.78, 5) is 69.0. The first kappa shape index (κ1) is 40.6. The molecule has 2 amide bonds. The van der Waals surface area contributed by atoms with E-state index in [0.717, 1.165) is 20.0 Å². The van der Waals surface area contributed by atoms with Crippen LogP contribution >= 0.6 is 23.2 Å². The highest BCUT2D eigenvalue weighted by Crippen LogP contribution is 2.65. The number of hydrogen-bond donors (Lipinski definition) is 1. The van der Waals surface area contributed by atoms with Crippen LogP contribution in [0.2, 0.25) is 0 Å². The van der Waals surface area contributed by atoms with Crippen molar-refractivity contribution in [3.63, 3.8) is 0 Å². The molecule has 1 saturated heterocycles. The van der Waals surface area contributed by atoms with E-state index in [1.54, 1.807) is 12.1 Å². The average Bonchev–Trinajstić information content (AvgIpc) is 3.56. The summed E-state index contributed by atoms with van der Waals surface area (Å²) in [5.41, 5.74) is -3.91. The number of methoxy groups -OCH3 is 3. The number of ether oxygens (including phenoxy) is 3. The molecule has 3 aromatic carbocycles. The minimum atomic E-state index is -2.89. The third-order valence-electron chi connectivity index (χ3n) is 11.3. The van der Waals surface area contributed by atoms with Gasteiger partial charge < -0.3 is 23.9 Å². The van der Waals surface area contributed by atoms with E-state index in [1.807, 2.05) is 0 Å². The maximum atomic E-state index is 15.3. The van der Waals surface area contributed by atoms with Crippen molar-refractivity contribution in [1.82, 2.24) is 23.5 Å². The highest BCUT2D eigenvalue weighted by atomic mass is 35.5. The fourth-order valence-electron chi connectivity index (χ4n) is 8.39. The Hall–Kier alpha value is -6.15. The number of phenolic OH excluding ortho intramolecular Hbond substituents is 1. The van der Waals surface area contributed by atoms with Crippen LogP contribution in [-0.2, 0) is 36.1 Å². The Balaban J connectivity index is 1.27. The number of carbonyl (C=O) groups is 2. The van der Waals surface area contributed by atoms with Crippen molar-refractivity contribution in [1.29, 1.82) is 0 Å². The number of hydrogen-bond acceptors (Lipinski definition) is 10. The molecule has 15 nitrogen and oxygen atoms in total. The van der Waals surface area contributed by atoms with Crippen LogP contribution in [0.15, 0.2) is 56.4 Å². The second-order valence-corrected chi connectivity index (χ2v) is 15.4. The number of benzene rings is 3. The Labute approximate surface area is 342 Å². The van der Waals surface area contributed by atoms with E-state index in [2.05, 4.69) is 4.98 Å². The van der Waals surface area contributed by atoms with Gasteiger partial charge in [0.25, 0.3) is 17.4 Å². The Morgan fingerprint density at radius 2 is 1.48 bits per heavy atom. The standard InChI is InChI=1S/C38H29Cl2F5N6O9/c1-47-20-13-24(60-4)23(59-3)12-19(20)46-18(32(47)53)8-9-48-35(56)49-10-7-16-21(51(49)36(48)57)14-37(39)33(54)50(31-29(44)27(42)26(41)28(43)30(31)45)34(55)38(37,40)25(16)17-11-15(58-2)5-6-22(17)52/h5-7,11-13,21,25,52H,8-10,14H2,1-4H3. The van der Waals surface area contributed by atoms with Gasteiger partial charge in [-0.25, -0.2) is 55.4 Å². The highest BCUT2D eigenvalue weighted by molar-refractivity contribution is 6.58. The number of imide groups is 1. The summed E-state index contributed by atoms with van der Waals surface area (Å²) in [5, 5.41) is 11.2. The number of aromatic hydroxyl groups is 1. The van der Waals surface area contributed by atoms with E-state index < -0.39 is 104 Å². The van der Waals surface area contributed by atoms with Crippen LogP contribution in [0.1, 0.15) is 29.6 Å². The number of aromatic nitrogens is 5. The molecule has 2 fully saturated rings. The summed E-state index contributed by atoms with van der Waals surface area (Å²) in [6.07, 6.45) is 0.277. The maximum Gasteiger partial charge on any atom is 0.347 e. The van der Waals surface area contributed by atoms with Gasteiger partial charge in [-0.1, -0.05) is 6.08 Å². The first-order chi connectivity index (χ1) is 28.4. The molecule has 8 rings (SSSR count). The smallest absolute Gasteiger partial charge is 0.347 e. The van der Waals surface area contributed by atoms with Crippen molar-refractivity contribution in [2.75, 3.05) is 26.2 Å². The predicted octanol–water partition coefficient (Wildman–Crippen LogP) is 3.93. The number of nitrogens with zero attached hydrogens (tertiary/aromatic N) is 6. The molecule has 60 heavy (non-hydrogen) atoms. The van der Waals surface area contributed by atoms with E-state index >= 15 is 8.78 Å². The van der Waals surface area contributed by atoms with E-state index in [9.17, 15) is 42.3 Å². The molecule has 0 spiro atoms. The Bertz CT molecular complexity index is 2940. The monoisotopic (exact) mass is 878 g/mol. The van der Waals surface area contributed by atoms with Gasteiger partial charge >= 0.3 is 11.4 Å². The van der Waals surface area contributed by atoms with Crippen LogP contribution in [-0.4, -0.2) is 71.5 Å². The van der Waals surface area contributed by atoms with E-state index in [-0.39, 0.29) is 40.4 Å². The number of amides is 2. The first-order valence-electron chi connectivity index (χ1n) is 17.8. The summed E-state index contributed by atoms with van der Waals surface area (Å²) >= 11 is 14.3. The second-order valence-electron chi connectivity index (χ2n) is 14.2. The summed E-state index contributed by atoms with van der Waals surface area (Å²) in [7, 11) is 5.59. The van der Waals surface area contributed by atoms with Crippen LogP contribution in [0.4, 0.5) is 27.6 Å². The van der Waals surface area contributed by atoms with Gasteiger partial charge in [-0.2, -0.15) is 0 Å². The van der Waals surface area contributed by atoms with Crippen molar-refractivity contribution in [3.05, 3.63) is 114 Å². The van der Waals surface area contributed by atoms with Gasteiger partial charge in [0, 0.05) is 50.0 Å². The van der Waals surface area contributed by atoms with Crippen molar-refractivity contribution < 1.29 is 50.9 Å². The zero-order chi connectivity index (χ0) is 43.5. The predicted molar refractivity (Wildman–Crippen MR) is 202 cm³/mol. The molecular formula is C38H29Cl2F5N6O9. The van der Waals surface area contributed by atoms with Crippen LogP contribution in [0.5, 0.6) is 23.0 Å². The number of rotatable bonds is 8. The first-order valence-corrected chi connectivity index (χ1v) is 18.5. The average molecular weight is 880 g/mol. The quantitative estimate of drug-likeness (QED) is 0.0603. The van der Waals surface area contributed by atoms with Gasteiger partial charge in [0.15, 0.2) is 44.5 Å². The molecule has 2 aliphatic heterocycles. The lowest BCUT2D eigenvalue weighted by molar-refractivity contribution is -0.122. The van der Waals surface area contributed by atoms with E-state index in [4.69, 9.17) is 37.4 Å². The van der Waals surface area contributed by atoms with Gasteiger partial charge in [-0.05, 0) is 23.8 Å². The fourth-order valence-corrected chi connectivity index (χ4v) is 9.30. The van der Waals surface area contributed by atoms with Crippen molar-refractivity contribution in [2.45, 2.75) is 47.6 Å². The minimum absolute atomic E-state index is 0.0129. The molecule has 4 unspecified atom stereocenters.